The van der Waals surface area contributed by atoms with Crippen LogP contribution in [0, 0.1) is 11.3 Å². The second-order valence-electron chi connectivity index (χ2n) is 8.08. The lowest BCUT2D eigenvalue weighted by Gasteiger charge is -2.32. The normalized spacial score (nSPS) is 15.1. The van der Waals surface area contributed by atoms with Crippen molar-refractivity contribution in [3.05, 3.63) is 64.8 Å². The van der Waals surface area contributed by atoms with Gasteiger partial charge in [-0.05, 0) is 57.0 Å². The first-order valence-electron chi connectivity index (χ1n) is 10.7. The minimum atomic E-state index is 0.0283. The number of hydrogen-bond donors (Lipinski definition) is 0. The van der Waals surface area contributed by atoms with Crippen LogP contribution in [0.4, 0.5) is 0 Å². The van der Waals surface area contributed by atoms with E-state index in [1.165, 1.54) is 0 Å². The Morgan fingerprint density at radius 3 is 2.68 bits per heavy atom. The Hall–Kier alpha value is -2.81. The lowest BCUT2D eigenvalue weighted by atomic mass is 10.1. The fraction of sp³-hybridized carbons (Fsp3) is 0.360. The molecule has 1 fully saturated rings. The zero-order valence-corrected chi connectivity index (χ0v) is 18.4. The van der Waals surface area contributed by atoms with Crippen LogP contribution in [0.25, 0.3) is 10.9 Å². The molecule has 2 heterocycles. The van der Waals surface area contributed by atoms with E-state index < -0.39 is 0 Å². The Kier molecular flexibility index (Phi) is 6.60. The maximum atomic E-state index is 12.1. The number of ketones is 1. The van der Waals surface area contributed by atoms with Crippen molar-refractivity contribution in [1.82, 2.24) is 9.47 Å². The van der Waals surface area contributed by atoms with Gasteiger partial charge in [0, 0.05) is 41.8 Å². The zero-order chi connectivity index (χ0) is 21.8. The summed E-state index contributed by atoms with van der Waals surface area (Å²) in [6.45, 7) is 5.34. The molecule has 31 heavy (non-hydrogen) atoms. The van der Waals surface area contributed by atoms with Crippen LogP contribution in [0.3, 0.4) is 0 Å². The van der Waals surface area contributed by atoms with Gasteiger partial charge in [-0.3, -0.25) is 4.79 Å². The molecule has 0 radical (unpaired) electrons. The Morgan fingerprint density at radius 2 is 1.97 bits per heavy atom. The number of nitrogens with zero attached hydrogens (tertiary/aromatic N) is 3. The van der Waals surface area contributed by atoms with E-state index in [-0.39, 0.29) is 11.9 Å². The van der Waals surface area contributed by atoms with Gasteiger partial charge in [0.2, 0.25) is 0 Å². The van der Waals surface area contributed by atoms with Crippen LogP contribution >= 0.6 is 11.6 Å². The predicted octanol–water partition coefficient (Wildman–Crippen LogP) is 5.30. The van der Waals surface area contributed by atoms with Crippen LogP contribution in [0.2, 0.25) is 5.02 Å². The van der Waals surface area contributed by atoms with Crippen LogP contribution in [-0.2, 0) is 6.54 Å². The minimum absolute atomic E-state index is 0.0283. The molecule has 1 saturated heterocycles. The molecule has 0 saturated carbocycles. The van der Waals surface area contributed by atoms with Gasteiger partial charge in [0.15, 0.2) is 5.78 Å². The monoisotopic (exact) mass is 435 g/mol. The number of halogens is 1. The third-order valence-corrected chi connectivity index (χ3v) is 6.14. The Balaban J connectivity index is 1.33. The SMILES string of the molecule is CC(=O)c1cn(CCCN2CCC(Oc3cccc(Cl)c3)CC2)c2c(C#N)cccc12. The molecule has 0 spiro atoms. The molecule has 1 aliphatic rings. The number of benzene rings is 2. The quantitative estimate of drug-likeness (QED) is 0.472. The Bertz CT molecular complexity index is 1120. The van der Waals surface area contributed by atoms with Crippen molar-refractivity contribution in [1.29, 1.82) is 5.26 Å². The minimum Gasteiger partial charge on any atom is -0.490 e. The molecule has 1 aliphatic heterocycles. The van der Waals surface area contributed by atoms with Gasteiger partial charge in [0.05, 0.1) is 11.1 Å². The molecular formula is C25H26ClN3O2. The molecule has 2 aromatic carbocycles. The maximum Gasteiger partial charge on any atom is 0.161 e. The van der Waals surface area contributed by atoms with Crippen LogP contribution in [0.5, 0.6) is 5.75 Å². The maximum absolute atomic E-state index is 12.1. The lowest BCUT2D eigenvalue weighted by Crippen LogP contribution is -2.38. The van der Waals surface area contributed by atoms with Crippen molar-refractivity contribution in [3.8, 4) is 11.8 Å². The zero-order valence-electron chi connectivity index (χ0n) is 17.7. The van der Waals surface area contributed by atoms with Crippen molar-refractivity contribution in [2.75, 3.05) is 19.6 Å². The fourth-order valence-corrected chi connectivity index (χ4v) is 4.54. The van der Waals surface area contributed by atoms with E-state index in [0.717, 1.165) is 62.1 Å². The Morgan fingerprint density at radius 1 is 1.19 bits per heavy atom. The summed E-state index contributed by atoms with van der Waals surface area (Å²) >= 11 is 6.04. The number of carbonyl (C=O) groups excluding carboxylic acids is 1. The van der Waals surface area contributed by atoms with Gasteiger partial charge in [-0.15, -0.1) is 0 Å². The second kappa shape index (κ2) is 9.55. The molecule has 160 valence electrons. The van der Waals surface area contributed by atoms with Crippen LogP contribution in [0.1, 0.15) is 42.1 Å². The summed E-state index contributed by atoms with van der Waals surface area (Å²) in [7, 11) is 0. The molecule has 0 N–H and O–H groups in total. The first kappa shape index (κ1) is 21.4. The highest BCUT2D eigenvalue weighted by Crippen LogP contribution is 2.26. The fourth-order valence-electron chi connectivity index (χ4n) is 4.36. The largest absolute Gasteiger partial charge is 0.490 e. The highest BCUT2D eigenvalue weighted by atomic mass is 35.5. The summed E-state index contributed by atoms with van der Waals surface area (Å²) in [5.41, 5.74) is 2.17. The molecule has 6 heteroatoms. The van der Waals surface area contributed by atoms with E-state index in [9.17, 15) is 10.1 Å². The van der Waals surface area contributed by atoms with Crippen LogP contribution in [-0.4, -0.2) is 41.0 Å². The number of nitriles is 1. The highest BCUT2D eigenvalue weighted by molar-refractivity contribution is 6.30. The topological polar surface area (TPSA) is 58.3 Å². The standard InChI is InChI=1S/C25H26ClN3O2/c1-18(30)24-17-29(25-19(16-27)5-2-8-23(24)25)12-4-11-28-13-9-21(10-14-28)31-22-7-3-6-20(26)15-22/h2-3,5-8,15,17,21H,4,9-14H2,1H3. The molecule has 0 atom stereocenters. The molecule has 4 rings (SSSR count). The molecule has 0 bridgehead atoms. The first-order valence-corrected chi connectivity index (χ1v) is 11.1. The lowest BCUT2D eigenvalue weighted by molar-refractivity contribution is 0.0993. The third-order valence-electron chi connectivity index (χ3n) is 5.90. The number of hydrogen-bond acceptors (Lipinski definition) is 4. The average molecular weight is 436 g/mol. The summed E-state index contributed by atoms with van der Waals surface area (Å²) < 4.78 is 8.15. The van der Waals surface area contributed by atoms with E-state index in [0.29, 0.717) is 16.1 Å². The van der Waals surface area contributed by atoms with Gasteiger partial charge >= 0.3 is 0 Å². The number of rotatable bonds is 7. The number of ether oxygens (including phenoxy) is 1. The molecule has 1 aromatic heterocycles. The summed E-state index contributed by atoms with van der Waals surface area (Å²) in [4.78, 5) is 14.5. The number of fused-ring (bicyclic) bond motifs is 1. The van der Waals surface area contributed by atoms with Crippen molar-refractivity contribution >= 4 is 28.3 Å². The third kappa shape index (κ3) is 4.92. The van der Waals surface area contributed by atoms with Crippen LogP contribution in [0.15, 0.2) is 48.7 Å². The van der Waals surface area contributed by atoms with E-state index in [2.05, 4.69) is 15.5 Å². The number of carbonyl (C=O) groups is 1. The van der Waals surface area contributed by atoms with E-state index in [1.54, 1.807) is 6.92 Å². The molecule has 0 unspecified atom stereocenters. The van der Waals surface area contributed by atoms with Crippen molar-refractivity contribution < 1.29 is 9.53 Å². The molecule has 3 aromatic rings. The van der Waals surface area contributed by atoms with Crippen LogP contribution < -0.4 is 4.74 Å². The second-order valence-corrected chi connectivity index (χ2v) is 8.51. The summed E-state index contributed by atoms with van der Waals surface area (Å²) in [5, 5.41) is 11.1. The highest BCUT2D eigenvalue weighted by Gasteiger charge is 2.21. The number of piperidine rings is 1. The summed E-state index contributed by atoms with van der Waals surface area (Å²) in [6, 6.07) is 15.4. The number of aryl methyl sites for hydroxylation is 1. The molecular weight excluding hydrogens is 410 g/mol. The summed E-state index contributed by atoms with van der Waals surface area (Å²) in [6.07, 6.45) is 5.07. The van der Waals surface area contributed by atoms with Crippen molar-refractivity contribution in [3.63, 3.8) is 0 Å². The smallest absolute Gasteiger partial charge is 0.161 e. The van der Waals surface area contributed by atoms with E-state index in [1.807, 2.05) is 48.7 Å². The average Bonchev–Trinajstić information content (AvgIpc) is 3.14. The predicted molar refractivity (Wildman–Crippen MR) is 123 cm³/mol. The molecule has 5 nitrogen and oxygen atoms in total. The van der Waals surface area contributed by atoms with Gasteiger partial charge in [-0.25, -0.2) is 0 Å². The summed E-state index contributed by atoms with van der Waals surface area (Å²) in [5.74, 6) is 0.862. The van der Waals surface area contributed by atoms with Gasteiger partial charge in [0.25, 0.3) is 0 Å². The molecule has 0 aliphatic carbocycles. The number of likely N-dealkylation sites (tertiary alicyclic amines) is 1. The van der Waals surface area contributed by atoms with Gasteiger partial charge in [-0.1, -0.05) is 29.8 Å². The first-order chi connectivity index (χ1) is 15.0. The van der Waals surface area contributed by atoms with Gasteiger partial charge < -0.3 is 14.2 Å². The number of Topliss-reactive ketones (excluding diaryl/α,β-unsaturated/α-hetero) is 1. The van der Waals surface area contributed by atoms with E-state index >= 15 is 0 Å². The van der Waals surface area contributed by atoms with Crippen molar-refractivity contribution in [2.24, 2.45) is 0 Å². The number of para-hydroxylation sites is 1. The van der Waals surface area contributed by atoms with Gasteiger partial charge in [0.1, 0.15) is 17.9 Å². The van der Waals surface area contributed by atoms with Crippen molar-refractivity contribution in [2.45, 2.75) is 38.8 Å². The van der Waals surface area contributed by atoms with E-state index in [4.69, 9.17) is 16.3 Å². The molecule has 0 amide bonds. The Labute approximate surface area is 187 Å². The number of aromatic nitrogens is 1. The van der Waals surface area contributed by atoms with Gasteiger partial charge in [-0.2, -0.15) is 5.26 Å².